The molecule has 0 aromatic rings. The van der Waals surface area contributed by atoms with Crippen molar-refractivity contribution in [2.45, 2.75) is 13.8 Å². The van der Waals surface area contributed by atoms with Crippen molar-refractivity contribution in [3.8, 4) is 0 Å². The Bertz CT molecular complexity index is 181. The van der Waals surface area contributed by atoms with E-state index < -0.39 is 5.91 Å². The standard InChI is InChI=1S/C5H10O3.C4H7NO/c1-3-8-5(6)4-7-2;1-3(2)4(5)6/h3-4H2,1-2H3;1H2,2H3,(H2,5,6). The van der Waals surface area contributed by atoms with Gasteiger partial charge in [-0.2, -0.15) is 0 Å². The van der Waals surface area contributed by atoms with E-state index >= 15 is 0 Å². The van der Waals surface area contributed by atoms with Crippen molar-refractivity contribution in [3.63, 3.8) is 0 Å². The zero-order valence-electron chi connectivity index (χ0n) is 8.83. The van der Waals surface area contributed by atoms with Gasteiger partial charge in [0.1, 0.15) is 6.61 Å². The van der Waals surface area contributed by atoms with Gasteiger partial charge in [0, 0.05) is 12.7 Å². The molecule has 0 spiro atoms. The van der Waals surface area contributed by atoms with E-state index in [1.807, 2.05) is 0 Å². The first-order valence-corrected chi connectivity index (χ1v) is 4.05. The number of carbonyl (C=O) groups excluding carboxylic acids is 2. The first-order valence-electron chi connectivity index (χ1n) is 4.05. The Hall–Kier alpha value is -1.36. The van der Waals surface area contributed by atoms with E-state index in [0.717, 1.165) is 0 Å². The zero-order chi connectivity index (χ0) is 11.6. The summed E-state index contributed by atoms with van der Waals surface area (Å²) in [4.78, 5) is 20.1. The average molecular weight is 203 g/mol. The zero-order valence-corrected chi connectivity index (χ0v) is 8.83. The molecule has 5 heteroatoms. The lowest BCUT2D eigenvalue weighted by atomic mass is 10.3. The Balaban J connectivity index is 0. The molecule has 0 aromatic carbocycles. The van der Waals surface area contributed by atoms with Crippen LogP contribution in [0.3, 0.4) is 0 Å². The van der Waals surface area contributed by atoms with Gasteiger partial charge in [-0.3, -0.25) is 4.79 Å². The van der Waals surface area contributed by atoms with E-state index in [9.17, 15) is 9.59 Å². The van der Waals surface area contributed by atoms with Gasteiger partial charge in [-0.25, -0.2) is 4.79 Å². The first-order chi connectivity index (χ1) is 6.45. The van der Waals surface area contributed by atoms with Gasteiger partial charge in [-0.1, -0.05) is 6.58 Å². The lowest BCUT2D eigenvalue weighted by molar-refractivity contribution is -0.147. The van der Waals surface area contributed by atoms with Crippen LogP contribution in [0.4, 0.5) is 0 Å². The number of hydrogen-bond donors (Lipinski definition) is 1. The maximum Gasteiger partial charge on any atom is 0.332 e. The van der Waals surface area contributed by atoms with E-state index in [1.54, 1.807) is 13.8 Å². The van der Waals surface area contributed by atoms with Crippen LogP contribution < -0.4 is 5.73 Å². The van der Waals surface area contributed by atoms with Gasteiger partial charge in [-0.15, -0.1) is 0 Å². The van der Waals surface area contributed by atoms with Crippen LogP contribution in [0.25, 0.3) is 0 Å². The van der Waals surface area contributed by atoms with Crippen LogP contribution in [-0.4, -0.2) is 32.2 Å². The van der Waals surface area contributed by atoms with Gasteiger partial charge in [0.25, 0.3) is 0 Å². The monoisotopic (exact) mass is 203 g/mol. The number of amides is 1. The Morgan fingerprint density at radius 2 is 1.86 bits per heavy atom. The average Bonchev–Trinajstić information content (AvgIpc) is 2.06. The summed E-state index contributed by atoms with van der Waals surface area (Å²) in [5.41, 5.74) is 5.09. The predicted molar refractivity (Wildman–Crippen MR) is 52.5 cm³/mol. The van der Waals surface area contributed by atoms with Crippen LogP contribution in [0.15, 0.2) is 12.2 Å². The number of rotatable bonds is 4. The fourth-order valence-corrected chi connectivity index (χ4v) is 0.321. The van der Waals surface area contributed by atoms with Gasteiger partial charge in [-0.05, 0) is 13.8 Å². The highest BCUT2D eigenvalue weighted by molar-refractivity contribution is 5.90. The summed E-state index contributed by atoms with van der Waals surface area (Å²) in [6, 6.07) is 0. The third-order valence-corrected chi connectivity index (χ3v) is 0.988. The number of ether oxygens (including phenoxy) is 2. The predicted octanol–water partition coefficient (Wildman–Crippen LogP) is 0.244. The summed E-state index contributed by atoms with van der Waals surface area (Å²) in [7, 11) is 1.46. The molecule has 0 aromatic heterocycles. The number of esters is 1. The number of nitrogens with two attached hydrogens (primary N) is 1. The number of methoxy groups -OCH3 is 1. The van der Waals surface area contributed by atoms with Crippen LogP contribution in [0.5, 0.6) is 0 Å². The second-order valence-electron chi connectivity index (χ2n) is 2.38. The van der Waals surface area contributed by atoms with Crippen LogP contribution in [0, 0.1) is 0 Å². The van der Waals surface area contributed by atoms with Crippen LogP contribution >= 0.6 is 0 Å². The summed E-state index contributed by atoms with van der Waals surface area (Å²) < 4.78 is 9.00. The fraction of sp³-hybridized carbons (Fsp3) is 0.556. The van der Waals surface area contributed by atoms with Gasteiger partial charge in [0.05, 0.1) is 6.61 Å². The van der Waals surface area contributed by atoms with Crippen LogP contribution in [0.1, 0.15) is 13.8 Å². The van der Waals surface area contributed by atoms with E-state index in [0.29, 0.717) is 12.2 Å². The summed E-state index contributed by atoms with van der Waals surface area (Å²) in [6.07, 6.45) is 0. The molecule has 1 amide bonds. The van der Waals surface area contributed by atoms with Crippen molar-refractivity contribution in [1.82, 2.24) is 0 Å². The molecule has 0 rings (SSSR count). The SMILES string of the molecule is C=C(C)C(N)=O.CCOC(=O)COC. The molecular formula is C9H17NO4. The molecule has 14 heavy (non-hydrogen) atoms. The van der Waals surface area contributed by atoms with E-state index in [2.05, 4.69) is 16.1 Å². The Kier molecular flexibility index (Phi) is 10.5. The second kappa shape index (κ2) is 9.73. The fourth-order valence-electron chi connectivity index (χ4n) is 0.321. The molecule has 0 heterocycles. The number of hydrogen-bond acceptors (Lipinski definition) is 4. The first kappa shape index (κ1) is 15.1. The largest absolute Gasteiger partial charge is 0.464 e. The van der Waals surface area contributed by atoms with Crippen molar-refractivity contribution in [2.24, 2.45) is 5.73 Å². The van der Waals surface area contributed by atoms with Crippen LogP contribution in [-0.2, 0) is 19.1 Å². The minimum atomic E-state index is -0.435. The molecule has 0 saturated heterocycles. The second-order valence-corrected chi connectivity index (χ2v) is 2.38. The molecule has 0 aliphatic rings. The normalized spacial score (nSPS) is 8.21. The molecule has 0 saturated carbocycles. The Morgan fingerprint density at radius 3 is 2.07 bits per heavy atom. The topological polar surface area (TPSA) is 78.6 Å². The number of primary amides is 1. The molecule has 0 aliphatic heterocycles. The minimum absolute atomic E-state index is 0.0494. The highest BCUT2D eigenvalue weighted by Gasteiger charge is 1.96. The Labute approximate surface area is 83.9 Å². The minimum Gasteiger partial charge on any atom is -0.464 e. The molecule has 0 atom stereocenters. The summed E-state index contributed by atoms with van der Waals surface area (Å²) in [5.74, 6) is -0.745. The quantitative estimate of drug-likeness (QED) is 0.524. The maximum atomic E-state index is 10.3. The molecule has 0 unspecified atom stereocenters. The smallest absolute Gasteiger partial charge is 0.332 e. The van der Waals surface area contributed by atoms with Crippen LogP contribution in [0.2, 0.25) is 0 Å². The van der Waals surface area contributed by atoms with Crippen molar-refractivity contribution in [1.29, 1.82) is 0 Å². The molecule has 0 bridgehead atoms. The summed E-state index contributed by atoms with van der Waals surface area (Å²) in [6.45, 7) is 7.08. The molecule has 5 nitrogen and oxygen atoms in total. The van der Waals surface area contributed by atoms with E-state index in [1.165, 1.54) is 7.11 Å². The summed E-state index contributed by atoms with van der Waals surface area (Å²) in [5, 5.41) is 0. The van der Waals surface area contributed by atoms with Gasteiger partial charge < -0.3 is 15.2 Å². The van der Waals surface area contributed by atoms with Crippen molar-refractivity contribution in [2.75, 3.05) is 20.3 Å². The third-order valence-electron chi connectivity index (χ3n) is 0.988. The van der Waals surface area contributed by atoms with Gasteiger partial charge in [0.2, 0.25) is 5.91 Å². The highest BCUT2D eigenvalue weighted by Crippen LogP contribution is 1.78. The van der Waals surface area contributed by atoms with Gasteiger partial charge >= 0.3 is 5.97 Å². The molecule has 82 valence electrons. The maximum absolute atomic E-state index is 10.3. The van der Waals surface area contributed by atoms with E-state index in [4.69, 9.17) is 5.73 Å². The Morgan fingerprint density at radius 1 is 1.43 bits per heavy atom. The third kappa shape index (κ3) is 13.2. The lowest BCUT2D eigenvalue weighted by Gasteiger charge is -1.97. The lowest BCUT2D eigenvalue weighted by Crippen LogP contribution is -2.10. The number of carbonyl (C=O) groups is 2. The molecular weight excluding hydrogens is 186 g/mol. The molecule has 0 aliphatic carbocycles. The molecule has 0 radical (unpaired) electrons. The summed E-state index contributed by atoms with van der Waals surface area (Å²) >= 11 is 0. The molecule has 0 fully saturated rings. The van der Waals surface area contributed by atoms with Crippen molar-refractivity contribution < 1.29 is 19.1 Å². The van der Waals surface area contributed by atoms with Crippen molar-refractivity contribution in [3.05, 3.63) is 12.2 Å². The van der Waals surface area contributed by atoms with Crippen molar-refractivity contribution >= 4 is 11.9 Å². The van der Waals surface area contributed by atoms with Gasteiger partial charge in [0.15, 0.2) is 0 Å². The highest BCUT2D eigenvalue weighted by atomic mass is 16.6. The molecule has 2 N–H and O–H groups in total. The van der Waals surface area contributed by atoms with E-state index in [-0.39, 0.29) is 12.6 Å².